The maximum Gasteiger partial charge on any atom is 0.472 e. The molecule has 3 aliphatic heterocycles. The third kappa shape index (κ3) is 20.4. The van der Waals surface area contributed by atoms with Crippen LogP contribution in [0.4, 0.5) is 0 Å². The van der Waals surface area contributed by atoms with Crippen molar-refractivity contribution in [2.45, 2.75) is 76.8 Å². The van der Waals surface area contributed by atoms with E-state index in [0.29, 0.717) is 50.8 Å². The highest BCUT2D eigenvalue weighted by Gasteiger charge is 2.39. The first-order chi connectivity index (χ1) is 38.8. The monoisotopic (exact) mass is 1240 g/mol. The van der Waals surface area contributed by atoms with Crippen LogP contribution >= 0.6 is 31.3 Å². The summed E-state index contributed by atoms with van der Waals surface area (Å²) in [5.41, 5.74) is -1.82. The molecule has 37 heteroatoms. The number of aromatic nitrogens is 5. The number of nitrogens with one attached hydrogen (secondary N) is 2. The molecule has 456 valence electrons. The lowest BCUT2D eigenvalue weighted by molar-refractivity contribution is -0.0468. The van der Waals surface area contributed by atoms with Gasteiger partial charge in [0, 0.05) is 75.6 Å². The van der Waals surface area contributed by atoms with Crippen LogP contribution < -0.4 is 32.0 Å². The summed E-state index contributed by atoms with van der Waals surface area (Å²) < 4.78 is 115. The molecule has 1 aromatic carbocycles. The summed E-state index contributed by atoms with van der Waals surface area (Å²) in [7, 11) is -18.3. The van der Waals surface area contributed by atoms with Gasteiger partial charge in [-0.3, -0.25) is 79.7 Å². The number of aliphatic hydroxyl groups is 2. The van der Waals surface area contributed by atoms with Crippen molar-refractivity contribution in [3.8, 4) is 11.5 Å². The molecular weight excluding hydrogens is 1180 g/mol. The van der Waals surface area contributed by atoms with Crippen LogP contribution in [0.3, 0.4) is 0 Å². The highest BCUT2D eigenvalue weighted by molar-refractivity contribution is 7.48. The van der Waals surface area contributed by atoms with Crippen molar-refractivity contribution in [2.75, 3.05) is 92.1 Å². The zero-order valence-electron chi connectivity index (χ0n) is 44.3. The van der Waals surface area contributed by atoms with Crippen molar-refractivity contribution in [3.05, 3.63) is 119 Å². The summed E-state index contributed by atoms with van der Waals surface area (Å²) in [5.74, 6) is 0.735. The molecule has 82 heavy (non-hydrogen) atoms. The van der Waals surface area contributed by atoms with Crippen molar-refractivity contribution in [1.29, 1.82) is 0 Å². The van der Waals surface area contributed by atoms with Crippen molar-refractivity contribution in [3.63, 3.8) is 0 Å². The predicted octanol–water partition coefficient (Wildman–Crippen LogP) is 0.705. The van der Waals surface area contributed by atoms with Gasteiger partial charge in [-0.1, -0.05) is 6.07 Å². The topological polar surface area (TPSA) is 430 Å². The summed E-state index contributed by atoms with van der Waals surface area (Å²) >= 11 is 0. The van der Waals surface area contributed by atoms with Gasteiger partial charge in [0.15, 0.2) is 0 Å². The number of hydrogen-bond acceptors (Lipinski definition) is 25. The Labute approximate surface area is 466 Å². The molecule has 0 aliphatic carbocycles. The molecule has 3 aliphatic rings. The number of benzene rings is 1. The molecule has 0 amide bonds. The third-order valence-electron chi connectivity index (χ3n) is 12.6. The molecule has 3 aromatic heterocycles. The second-order valence-electron chi connectivity index (χ2n) is 18.6. The number of aliphatic hydroxyl groups excluding tert-OH is 2. The predicted molar refractivity (Wildman–Crippen MR) is 280 cm³/mol. The number of rotatable bonds is 32. The lowest BCUT2D eigenvalue weighted by Gasteiger charge is -2.34. The van der Waals surface area contributed by atoms with Gasteiger partial charge in [0.1, 0.15) is 62.6 Å². The maximum atomic E-state index is 12.6. The van der Waals surface area contributed by atoms with Gasteiger partial charge in [-0.25, -0.2) is 27.8 Å². The third-order valence-corrected chi connectivity index (χ3v) is 16.5. The first-order valence-electron chi connectivity index (χ1n) is 25.4. The normalized spacial score (nSPS) is 23.7. The van der Waals surface area contributed by atoms with Crippen LogP contribution in [0, 0.1) is 13.8 Å². The highest BCUT2D eigenvalue weighted by Crippen LogP contribution is 2.47. The molecule has 0 saturated carbocycles. The van der Waals surface area contributed by atoms with Crippen molar-refractivity contribution < 1.29 is 103 Å². The first kappa shape index (κ1) is 65.1. The van der Waals surface area contributed by atoms with Crippen LogP contribution in [-0.4, -0.2) is 180 Å². The number of piperazine rings is 1. The van der Waals surface area contributed by atoms with Crippen LogP contribution in [0.15, 0.2) is 74.0 Å². The van der Waals surface area contributed by atoms with E-state index in [4.69, 9.17) is 55.1 Å². The molecule has 4 aromatic rings. The Bertz CT molecular complexity index is 3190. The SMILES string of the molecule is Cc1cn([C@H]2C[C@H](O)[C@@H](COP(=O)(O)OCCOc3ccc(OCCOP(=O)(O)OCCN4CCN(CCOP(=O)(O)OCc5cccc(COP(=O)(O)OC[C@H]6O[C@@H](n7cc(C)c(=O)[nH]c7=O)C[C@@H]6O)n5)CC4)cc3)O2)c(=O)[nH]c1=O. The lowest BCUT2D eigenvalue weighted by Crippen LogP contribution is -2.48. The summed E-state index contributed by atoms with van der Waals surface area (Å²) in [6.07, 6.45) is -3.94. The van der Waals surface area contributed by atoms with Crippen molar-refractivity contribution in [2.24, 2.45) is 0 Å². The van der Waals surface area contributed by atoms with Crippen LogP contribution in [0.25, 0.3) is 0 Å². The van der Waals surface area contributed by atoms with E-state index < -0.39 is 117 Å². The number of aryl methyl sites for hydroxylation is 2. The van der Waals surface area contributed by atoms with E-state index in [-0.39, 0.29) is 75.0 Å². The van der Waals surface area contributed by atoms with E-state index in [1.807, 2.05) is 9.80 Å². The second-order valence-corrected chi connectivity index (χ2v) is 24.5. The molecular formula is C45H65N7O26P4. The van der Waals surface area contributed by atoms with Gasteiger partial charge in [-0.2, -0.15) is 0 Å². The number of nitrogens with zero attached hydrogens (tertiary/aromatic N) is 5. The molecule has 3 saturated heterocycles. The average molecular weight is 1240 g/mol. The van der Waals surface area contributed by atoms with E-state index in [9.17, 15) is 67.2 Å². The number of phosphoric acid groups is 4. The minimum Gasteiger partial charge on any atom is -0.491 e. The van der Waals surface area contributed by atoms with E-state index in [2.05, 4.69) is 15.0 Å². The smallest absolute Gasteiger partial charge is 0.472 e. The fraction of sp³-hybridized carbons (Fsp3) is 0.578. The molecule has 7 rings (SSSR count). The zero-order chi connectivity index (χ0) is 59.2. The Morgan fingerprint density at radius 3 is 1.32 bits per heavy atom. The largest absolute Gasteiger partial charge is 0.491 e. The molecule has 10 atom stereocenters. The van der Waals surface area contributed by atoms with E-state index >= 15 is 0 Å². The minimum absolute atomic E-state index is 0.0360. The number of pyridine rings is 1. The number of phosphoric ester groups is 4. The van der Waals surface area contributed by atoms with Gasteiger partial charge in [-0.15, -0.1) is 0 Å². The molecule has 3 fully saturated rings. The molecule has 4 unspecified atom stereocenters. The summed E-state index contributed by atoms with van der Waals surface area (Å²) in [4.78, 5) is 101. The maximum absolute atomic E-state index is 12.6. The van der Waals surface area contributed by atoms with E-state index in [0.717, 1.165) is 9.13 Å². The quantitative estimate of drug-likeness (QED) is 0.0246. The molecule has 33 nitrogen and oxygen atoms in total. The number of hydrogen-bond donors (Lipinski definition) is 8. The number of ether oxygens (including phenoxy) is 4. The lowest BCUT2D eigenvalue weighted by atomic mass is 10.2. The van der Waals surface area contributed by atoms with Gasteiger partial charge in [0.05, 0.1) is 63.2 Å². The molecule has 6 heterocycles. The van der Waals surface area contributed by atoms with Crippen molar-refractivity contribution in [1.82, 2.24) is 33.9 Å². The molecule has 0 spiro atoms. The molecule has 0 bridgehead atoms. The number of H-pyrrole nitrogens is 2. The van der Waals surface area contributed by atoms with Gasteiger partial charge in [0.25, 0.3) is 11.1 Å². The van der Waals surface area contributed by atoms with E-state index in [1.165, 1.54) is 44.4 Å². The van der Waals surface area contributed by atoms with Crippen molar-refractivity contribution >= 4 is 31.3 Å². The summed E-state index contributed by atoms with van der Waals surface area (Å²) in [5, 5.41) is 20.8. The fourth-order valence-electron chi connectivity index (χ4n) is 8.21. The molecule has 8 N–H and O–H groups in total. The Hall–Kier alpha value is -4.47. The van der Waals surface area contributed by atoms with Gasteiger partial charge >= 0.3 is 42.7 Å². The summed E-state index contributed by atoms with van der Waals surface area (Å²) in [6, 6.07) is 10.6. The summed E-state index contributed by atoms with van der Waals surface area (Å²) in [6.45, 7) is 2.58. The van der Waals surface area contributed by atoms with Crippen LogP contribution in [0.5, 0.6) is 11.5 Å². The average Bonchev–Trinajstić information content (AvgIpc) is 4.02. The van der Waals surface area contributed by atoms with Crippen LogP contribution in [0.1, 0.15) is 47.8 Å². The Balaban J connectivity index is 0.688. The Kier molecular flexibility index (Phi) is 23.5. The van der Waals surface area contributed by atoms with Gasteiger partial charge in [-0.05, 0) is 50.2 Å². The standard InChI is InChI=1S/C45H65N7O26P4/c1-30-24-51(44(57)47-42(30)55)40-22-36(53)38(77-40)28-75-81(63,64)72-21-19-68-35-8-6-34(7-9-35)67-18-20-71-79(59,60)69-16-14-49-10-12-50(13-11-49)15-17-70-80(61,62)73-26-32-4-3-5-33(46-32)27-74-82(65,66)76-29-39-37(54)23-41(78-39)52-25-31(2)43(56)48-45(52)58/h3-9,24-25,36-41,53-54H,10-23,26-29H2,1-2H3,(H,59,60)(H,61,62)(H,63,64)(H,65,66)(H,47,55,57)(H,48,56,58)/t36-,37-,38+,39+,40+,41+/m0/s1. The Morgan fingerprint density at radius 2 is 0.902 bits per heavy atom. The van der Waals surface area contributed by atoms with Crippen LogP contribution in [-0.2, 0) is 77.1 Å². The minimum atomic E-state index is -4.72. The van der Waals surface area contributed by atoms with Crippen LogP contribution in [0.2, 0.25) is 0 Å². The second kappa shape index (κ2) is 29.6. The zero-order valence-corrected chi connectivity index (χ0v) is 47.8. The fourth-order valence-corrected chi connectivity index (χ4v) is 11.0. The number of aromatic amines is 2. The van der Waals surface area contributed by atoms with Gasteiger partial charge < -0.3 is 48.7 Å². The van der Waals surface area contributed by atoms with E-state index in [1.54, 1.807) is 24.3 Å². The van der Waals surface area contributed by atoms with Gasteiger partial charge in [0.2, 0.25) is 0 Å². The molecule has 0 radical (unpaired) electrons. The first-order valence-corrected chi connectivity index (χ1v) is 31.3. The Morgan fingerprint density at radius 1 is 0.537 bits per heavy atom. The highest BCUT2D eigenvalue weighted by atomic mass is 31.2.